The van der Waals surface area contributed by atoms with Crippen LogP contribution in [0.4, 0.5) is 0 Å². The van der Waals surface area contributed by atoms with Crippen molar-refractivity contribution in [3.05, 3.63) is 34.8 Å². The molecule has 0 spiro atoms. The Morgan fingerprint density at radius 1 is 1.35 bits per heavy atom. The minimum absolute atomic E-state index is 0.0905. The Kier molecular flexibility index (Phi) is 4.15. The lowest BCUT2D eigenvalue weighted by Gasteiger charge is -2.13. The summed E-state index contributed by atoms with van der Waals surface area (Å²) in [5, 5.41) is 9.14. The van der Waals surface area contributed by atoms with Gasteiger partial charge in [-0.2, -0.15) is 0 Å². The lowest BCUT2D eigenvalue weighted by Crippen LogP contribution is -2.09. The molecule has 0 saturated heterocycles. The van der Waals surface area contributed by atoms with Gasteiger partial charge in [0.2, 0.25) is 0 Å². The summed E-state index contributed by atoms with van der Waals surface area (Å²) in [5.74, 6) is 0. The number of rotatable bonds is 4. The molecule has 0 aliphatic heterocycles. The van der Waals surface area contributed by atoms with Gasteiger partial charge in [-0.25, -0.2) is 0 Å². The molecular weight excluding hydrogens is 250 g/mol. The van der Waals surface area contributed by atoms with E-state index in [4.69, 9.17) is 5.73 Å². The molecule has 0 aliphatic carbocycles. The number of aromatic nitrogens is 2. The summed E-state index contributed by atoms with van der Waals surface area (Å²) in [5.41, 5.74) is 7.30. The first-order chi connectivity index (χ1) is 8.20. The molecule has 1 heterocycles. The summed E-state index contributed by atoms with van der Waals surface area (Å²) in [6, 6.07) is 8.33. The minimum atomic E-state index is 0.0905. The maximum atomic E-state index is 6.11. The normalized spacial score (nSPS) is 12.6. The van der Waals surface area contributed by atoms with Crippen LogP contribution in [0.5, 0.6) is 0 Å². The Hall–Kier alpha value is -0.910. The summed E-state index contributed by atoms with van der Waals surface area (Å²) in [6.45, 7) is 4.06. The van der Waals surface area contributed by atoms with E-state index in [-0.39, 0.29) is 6.04 Å². The second-order valence-corrected chi connectivity index (χ2v) is 6.21. The zero-order chi connectivity index (χ0) is 12.3. The Bertz CT molecular complexity index is 496. The van der Waals surface area contributed by atoms with E-state index in [1.165, 1.54) is 10.5 Å². The summed E-state index contributed by atoms with van der Waals surface area (Å²) in [6.07, 6.45) is 0.937. The van der Waals surface area contributed by atoms with Crippen molar-refractivity contribution < 1.29 is 0 Å². The average Bonchev–Trinajstić information content (AvgIpc) is 2.74. The Morgan fingerprint density at radius 2 is 2.12 bits per heavy atom. The van der Waals surface area contributed by atoms with Gasteiger partial charge < -0.3 is 5.73 Å². The van der Waals surface area contributed by atoms with Gasteiger partial charge in [-0.1, -0.05) is 48.2 Å². The first-order valence-electron chi connectivity index (χ1n) is 5.53. The van der Waals surface area contributed by atoms with E-state index in [0.717, 1.165) is 15.8 Å². The van der Waals surface area contributed by atoms with Gasteiger partial charge in [0.1, 0.15) is 5.01 Å². The van der Waals surface area contributed by atoms with Crippen molar-refractivity contribution in [1.82, 2.24) is 10.2 Å². The first kappa shape index (κ1) is 12.5. The van der Waals surface area contributed by atoms with Crippen LogP contribution in [0.2, 0.25) is 0 Å². The smallest absolute Gasteiger partial charge is 0.179 e. The number of aryl methyl sites for hydroxylation is 1. The molecule has 1 aromatic carbocycles. The molecule has 1 atom stereocenters. The highest BCUT2D eigenvalue weighted by molar-refractivity contribution is 8.01. The monoisotopic (exact) mass is 265 g/mol. The summed E-state index contributed by atoms with van der Waals surface area (Å²) in [4.78, 5) is 1.18. The molecule has 0 aliphatic rings. The van der Waals surface area contributed by atoms with E-state index in [1.807, 2.05) is 19.1 Å². The van der Waals surface area contributed by atoms with Crippen LogP contribution in [0.15, 0.2) is 33.5 Å². The first-order valence-corrected chi connectivity index (χ1v) is 7.16. The molecule has 2 rings (SSSR count). The molecule has 3 nitrogen and oxygen atoms in total. The molecule has 0 radical (unpaired) electrons. The summed E-state index contributed by atoms with van der Waals surface area (Å²) >= 11 is 3.25. The van der Waals surface area contributed by atoms with Crippen LogP contribution < -0.4 is 5.73 Å². The van der Waals surface area contributed by atoms with E-state index < -0.39 is 0 Å². The molecule has 0 saturated carbocycles. The second kappa shape index (κ2) is 5.62. The fourth-order valence-electron chi connectivity index (χ4n) is 1.51. The second-order valence-electron chi connectivity index (χ2n) is 3.74. The maximum absolute atomic E-state index is 6.11. The fraction of sp³-hybridized carbons (Fsp3) is 0.333. The van der Waals surface area contributed by atoms with Crippen LogP contribution >= 0.6 is 23.1 Å². The third-order valence-electron chi connectivity index (χ3n) is 2.46. The molecule has 17 heavy (non-hydrogen) atoms. The molecule has 0 unspecified atom stereocenters. The van der Waals surface area contributed by atoms with Gasteiger partial charge in [0.25, 0.3) is 0 Å². The van der Waals surface area contributed by atoms with E-state index in [0.29, 0.717) is 0 Å². The number of benzene rings is 1. The molecule has 2 N–H and O–H groups in total. The highest BCUT2D eigenvalue weighted by Crippen LogP contribution is 2.34. The largest absolute Gasteiger partial charge is 0.324 e. The lowest BCUT2D eigenvalue weighted by atomic mass is 10.1. The molecule has 0 bridgehead atoms. The van der Waals surface area contributed by atoms with Crippen molar-refractivity contribution >= 4 is 23.1 Å². The van der Waals surface area contributed by atoms with Crippen LogP contribution in [0.25, 0.3) is 0 Å². The molecule has 1 aromatic heterocycles. The van der Waals surface area contributed by atoms with E-state index >= 15 is 0 Å². The predicted octanol–water partition coefficient (Wildman–Crippen LogP) is 3.41. The number of hydrogen-bond donors (Lipinski definition) is 1. The highest BCUT2D eigenvalue weighted by Gasteiger charge is 2.11. The number of hydrogen-bond acceptors (Lipinski definition) is 5. The average molecular weight is 265 g/mol. The zero-order valence-electron chi connectivity index (χ0n) is 9.88. The SMILES string of the molecule is CC[C@@H](N)c1ccccc1Sc1nnc(C)s1. The van der Waals surface area contributed by atoms with Crippen molar-refractivity contribution in [1.29, 1.82) is 0 Å². The Balaban J connectivity index is 2.26. The van der Waals surface area contributed by atoms with Crippen molar-refractivity contribution in [3.8, 4) is 0 Å². The van der Waals surface area contributed by atoms with Crippen LogP contribution in [0.1, 0.15) is 30.0 Å². The van der Waals surface area contributed by atoms with Crippen LogP contribution in [0, 0.1) is 6.92 Å². The molecular formula is C12H15N3S2. The van der Waals surface area contributed by atoms with Crippen molar-refractivity contribution in [3.63, 3.8) is 0 Å². The Morgan fingerprint density at radius 3 is 2.76 bits per heavy atom. The summed E-state index contributed by atoms with van der Waals surface area (Å²) < 4.78 is 0.971. The topological polar surface area (TPSA) is 51.8 Å². The molecule has 0 amide bonds. The molecule has 2 aromatic rings. The predicted molar refractivity (Wildman–Crippen MR) is 72.4 cm³/mol. The van der Waals surface area contributed by atoms with E-state index in [1.54, 1.807) is 23.1 Å². The van der Waals surface area contributed by atoms with Gasteiger partial charge in [-0.15, -0.1) is 10.2 Å². The van der Waals surface area contributed by atoms with Crippen molar-refractivity contribution in [2.75, 3.05) is 0 Å². The van der Waals surface area contributed by atoms with Crippen LogP contribution in [-0.4, -0.2) is 10.2 Å². The van der Waals surface area contributed by atoms with Gasteiger partial charge in [0.15, 0.2) is 4.34 Å². The third-order valence-corrected chi connectivity index (χ3v) is 4.44. The van der Waals surface area contributed by atoms with Crippen molar-refractivity contribution in [2.45, 2.75) is 35.5 Å². The Labute approximate surface area is 109 Å². The lowest BCUT2D eigenvalue weighted by molar-refractivity contribution is 0.685. The third kappa shape index (κ3) is 3.06. The van der Waals surface area contributed by atoms with Gasteiger partial charge >= 0.3 is 0 Å². The molecule has 90 valence electrons. The minimum Gasteiger partial charge on any atom is -0.324 e. The van der Waals surface area contributed by atoms with Gasteiger partial charge in [0, 0.05) is 10.9 Å². The highest BCUT2D eigenvalue weighted by atomic mass is 32.2. The number of nitrogens with two attached hydrogens (primary N) is 1. The zero-order valence-corrected chi connectivity index (χ0v) is 11.5. The van der Waals surface area contributed by atoms with Gasteiger partial charge in [-0.3, -0.25) is 0 Å². The maximum Gasteiger partial charge on any atom is 0.179 e. The van der Waals surface area contributed by atoms with Gasteiger partial charge in [-0.05, 0) is 25.0 Å². The molecule has 0 fully saturated rings. The van der Waals surface area contributed by atoms with E-state index in [2.05, 4.69) is 29.3 Å². The van der Waals surface area contributed by atoms with E-state index in [9.17, 15) is 0 Å². The summed E-state index contributed by atoms with van der Waals surface area (Å²) in [7, 11) is 0. The molecule has 5 heteroatoms. The van der Waals surface area contributed by atoms with Crippen LogP contribution in [0.3, 0.4) is 0 Å². The van der Waals surface area contributed by atoms with Gasteiger partial charge in [0.05, 0.1) is 0 Å². The number of nitrogens with zero attached hydrogens (tertiary/aromatic N) is 2. The standard InChI is InChI=1S/C12H15N3S2/c1-3-10(13)9-6-4-5-7-11(9)17-12-15-14-8(2)16-12/h4-7,10H,3,13H2,1-2H3/t10-/m1/s1. The van der Waals surface area contributed by atoms with Crippen LogP contribution in [-0.2, 0) is 0 Å². The fourth-order valence-corrected chi connectivity index (χ4v) is 3.48. The quantitative estimate of drug-likeness (QED) is 0.920. The van der Waals surface area contributed by atoms with Crippen molar-refractivity contribution in [2.24, 2.45) is 5.73 Å².